The first kappa shape index (κ1) is 24.9. The molecule has 3 aromatic rings. The molecule has 6 nitrogen and oxygen atoms in total. The SMILES string of the molecule is C=CCOc1ccc(/C(O)=C2\C(=O)C(=O)N(Cc3cccnc3)[C@H]2c2ccc(C(C)(C)C)cc2)cc1. The number of hydrogen-bond acceptors (Lipinski definition) is 5. The van der Waals surface area contributed by atoms with Crippen LogP contribution in [0, 0.1) is 0 Å². The Morgan fingerprint density at radius 1 is 1.08 bits per heavy atom. The van der Waals surface area contributed by atoms with Crippen LogP contribution in [0.4, 0.5) is 0 Å². The van der Waals surface area contributed by atoms with Crippen molar-refractivity contribution in [3.63, 3.8) is 0 Å². The highest BCUT2D eigenvalue weighted by Gasteiger charge is 2.46. The first-order valence-electron chi connectivity index (χ1n) is 11.8. The number of carbonyl (C=O) groups excluding carboxylic acids is 2. The summed E-state index contributed by atoms with van der Waals surface area (Å²) in [5.74, 6) is -0.982. The molecule has 1 atom stereocenters. The maximum Gasteiger partial charge on any atom is 0.295 e. The molecule has 1 saturated heterocycles. The van der Waals surface area contributed by atoms with E-state index in [2.05, 4.69) is 32.3 Å². The van der Waals surface area contributed by atoms with Crippen LogP contribution in [0.1, 0.15) is 49.1 Å². The van der Waals surface area contributed by atoms with Crippen molar-refractivity contribution in [3.05, 3.63) is 114 Å². The van der Waals surface area contributed by atoms with Crippen molar-refractivity contribution in [3.8, 4) is 5.75 Å². The molecular formula is C30H30N2O4. The lowest BCUT2D eigenvalue weighted by molar-refractivity contribution is -0.140. The first-order chi connectivity index (χ1) is 17.2. The number of pyridine rings is 1. The largest absolute Gasteiger partial charge is 0.507 e. The van der Waals surface area contributed by atoms with Gasteiger partial charge in [0.05, 0.1) is 11.6 Å². The zero-order chi connectivity index (χ0) is 25.9. The summed E-state index contributed by atoms with van der Waals surface area (Å²) in [4.78, 5) is 32.1. The van der Waals surface area contributed by atoms with Crippen molar-refractivity contribution in [1.29, 1.82) is 0 Å². The summed E-state index contributed by atoms with van der Waals surface area (Å²) in [7, 11) is 0. The second-order valence-corrected chi connectivity index (χ2v) is 9.78. The van der Waals surface area contributed by atoms with Gasteiger partial charge < -0.3 is 14.7 Å². The molecule has 0 unspecified atom stereocenters. The molecule has 0 bridgehead atoms. The molecule has 1 aliphatic heterocycles. The van der Waals surface area contributed by atoms with Gasteiger partial charge in [-0.05, 0) is 52.4 Å². The molecule has 2 heterocycles. The molecule has 6 heteroatoms. The molecule has 0 aliphatic carbocycles. The Labute approximate surface area is 211 Å². The number of likely N-dealkylation sites (tertiary alicyclic amines) is 1. The van der Waals surface area contributed by atoms with Gasteiger partial charge in [0.15, 0.2) is 0 Å². The van der Waals surface area contributed by atoms with Crippen molar-refractivity contribution in [2.24, 2.45) is 0 Å². The quantitative estimate of drug-likeness (QED) is 0.206. The van der Waals surface area contributed by atoms with Crippen LogP contribution in [-0.2, 0) is 21.5 Å². The molecule has 36 heavy (non-hydrogen) atoms. The minimum Gasteiger partial charge on any atom is -0.507 e. The topological polar surface area (TPSA) is 79.7 Å². The van der Waals surface area contributed by atoms with Crippen LogP contribution in [0.3, 0.4) is 0 Å². The summed E-state index contributed by atoms with van der Waals surface area (Å²) in [6, 6.07) is 17.5. The monoisotopic (exact) mass is 482 g/mol. The molecule has 1 aromatic heterocycles. The fraction of sp³-hybridized carbons (Fsp3) is 0.233. The molecule has 1 amide bonds. The Morgan fingerprint density at radius 2 is 1.78 bits per heavy atom. The van der Waals surface area contributed by atoms with Gasteiger partial charge in [-0.15, -0.1) is 0 Å². The summed E-state index contributed by atoms with van der Waals surface area (Å²) in [6.45, 7) is 10.5. The average molecular weight is 483 g/mol. The second kappa shape index (κ2) is 10.2. The fourth-order valence-electron chi connectivity index (χ4n) is 4.26. The van der Waals surface area contributed by atoms with E-state index in [0.717, 1.165) is 16.7 Å². The van der Waals surface area contributed by atoms with Crippen LogP contribution in [0.2, 0.25) is 0 Å². The van der Waals surface area contributed by atoms with Crippen molar-refractivity contribution >= 4 is 17.4 Å². The molecule has 2 aromatic carbocycles. The lowest BCUT2D eigenvalue weighted by Crippen LogP contribution is -2.29. The Bertz CT molecular complexity index is 1290. The Kier molecular flexibility index (Phi) is 7.06. The highest BCUT2D eigenvalue weighted by atomic mass is 16.5. The molecule has 4 rings (SSSR count). The van der Waals surface area contributed by atoms with Crippen LogP contribution in [0.25, 0.3) is 5.76 Å². The lowest BCUT2D eigenvalue weighted by Gasteiger charge is -2.26. The summed E-state index contributed by atoms with van der Waals surface area (Å²) >= 11 is 0. The molecule has 1 N–H and O–H groups in total. The van der Waals surface area contributed by atoms with Crippen LogP contribution < -0.4 is 4.74 Å². The van der Waals surface area contributed by atoms with E-state index in [-0.39, 0.29) is 23.3 Å². The van der Waals surface area contributed by atoms with E-state index in [1.54, 1.807) is 48.8 Å². The number of amides is 1. The lowest BCUT2D eigenvalue weighted by atomic mass is 9.85. The minimum atomic E-state index is -0.740. The number of carbonyl (C=O) groups is 2. The van der Waals surface area contributed by atoms with Crippen molar-refractivity contribution in [1.82, 2.24) is 9.88 Å². The van der Waals surface area contributed by atoms with Crippen LogP contribution in [-0.4, -0.2) is 33.3 Å². The number of ketones is 1. The van der Waals surface area contributed by atoms with Gasteiger partial charge in [-0.25, -0.2) is 0 Å². The summed E-state index contributed by atoms with van der Waals surface area (Å²) in [5, 5.41) is 11.3. The molecule has 0 spiro atoms. The van der Waals surface area contributed by atoms with Gasteiger partial charge in [0.1, 0.15) is 18.1 Å². The second-order valence-electron chi connectivity index (χ2n) is 9.78. The molecular weight excluding hydrogens is 452 g/mol. The highest BCUT2D eigenvalue weighted by molar-refractivity contribution is 6.46. The molecule has 1 aliphatic rings. The van der Waals surface area contributed by atoms with Gasteiger partial charge in [0, 0.05) is 24.5 Å². The Morgan fingerprint density at radius 3 is 2.36 bits per heavy atom. The molecule has 0 radical (unpaired) electrons. The number of hydrogen-bond donors (Lipinski definition) is 1. The number of nitrogens with zero attached hydrogens (tertiary/aromatic N) is 2. The zero-order valence-corrected chi connectivity index (χ0v) is 20.8. The predicted octanol–water partition coefficient (Wildman–Crippen LogP) is 5.57. The van der Waals surface area contributed by atoms with E-state index < -0.39 is 17.7 Å². The first-order valence-corrected chi connectivity index (χ1v) is 11.8. The number of rotatable bonds is 7. The number of aliphatic hydroxyl groups excluding tert-OH is 1. The highest BCUT2D eigenvalue weighted by Crippen LogP contribution is 2.41. The van der Waals surface area contributed by atoms with Crippen molar-refractivity contribution in [2.75, 3.05) is 6.61 Å². The van der Waals surface area contributed by atoms with Crippen LogP contribution in [0.15, 0.2) is 91.3 Å². The number of ether oxygens (including phenoxy) is 1. The van der Waals surface area contributed by atoms with E-state index in [0.29, 0.717) is 17.9 Å². The van der Waals surface area contributed by atoms with Gasteiger partial charge in [0.25, 0.3) is 11.7 Å². The zero-order valence-electron chi connectivity index (χ0n) is 20.8. The minimum absolute atomic E-state index is 0.0501. The van der Waals surface area contributed by atoms with Gasteiger partial charge in [-0.3, -0.25) is 14.6 Å². The third kappa shape index (κ3) is 5.08. The number of Topliss-reactive ketones (excluding diaryl/α,β-unsaturated/α-hetero) is 1. The van der Waals surface area contributed by atoms with E-state index in [1.165, 1.54) is 4.90 Å². The summed E-state index contributed by atoms with van der Waals surface area (Å²) < 4.78 is 5.52. The molecule has 184 valence electrons. The van der Waals surface area contributed by atoms with Gasteiger partial charge in [0.2, 0.25) is 0 Å². The third-order valence-corrected chi connectivity index (χ3v) is 6.20. The molecule has 1 fully saturated rings. The predicted molar refractivity (Wildman–Crippen MR) is 139 cm³/mol. The normalized spacial score (nSPS) is 17.3. The standard InChI is InChI=1S/C30H30N2O4/c1-5-17-36-24-14-10-22(11-15-24)27(33)25-26(21-8-12-23(13-9-21)30(2,3)4)32(29(35)28(25)34)19-20-7-6-16-31-18-20/h5-16,18,26,33H,1,17,19H2,2-4H3/b27-25+/t26-/m0/s1. The summed E-state index contributed by atoms with van der Waals surface area (Å²) in [5.41, 5.74) is 3.11. The maximum atomic E-state index is 13.3. The maximum absolute atomic E-state index is 13.3. The van der Waals surface area contributed by atoms with Gasteiger partial charge in [-0.1, -0.05) is 63.8 Å². The molecule has 0 saturated carbocycles. The smallest absolute Gasteiger partial charge is 0.295 e. The van der Waals surface area contributed by atoms with Crippen molar-refractivity contribution in [2.45, 2.75) is 38.8 Å². The average Bonchev–Trinajstić information content (AvgIpc) is 3.12. The van der Waals surface area contributed by atoms with Gasteiger partial charge >= 0.3 is 0 Å². The number of aromatic nitrogens is 1. The summed E-state index contributed by atoms with van der Waals surface area (Å²) in [6.07, 6.45) is 4.96. The fourth-order valence-corrected chi connectivity index (χ4v) is 4.26. The van der Waals surface area contributed by atoms with Crippen LogP contribution >= 0.6 is 0 Å². The Balaban J connectivity index is 1.80. The van der Waals surface area contributed by atoms with Gasteiger partial charge in [-0.2, -0.15) is 0 Å². The number of aliphatic hydroxyl groups is 1. The van der Waals surface area contributed by atoms with E-state index in [4.69, 9.17) is 4.74 Å². The van der Waals surface area contributed by atoms with E-state index in [9.17, 15) is 14.7 Å². The van der Waals surface area contributed by atoms with E-state index >= 15 is 0 Å². The van der Waals surface area contributed by atoms with Crippen molar-refractivity contribution < 1.29 is 19.4 Å². The van der Waals surface area contributed by atoms with Crippen LogP contribution in [0.5, 0.6) is 5.75 Å². The Hall–Kier alpha value is -4.19. The third-order valence-electron chi connectivity index (χ3n) is 6.20. The van der Waals surface area contributed by atoms with E-state index in [1.807, 2.05) is 30.3 Å². The number of benzene rings is 2.